The van der Waals surface area contributed by atoms with Crippen LogP contribution in [0.25, 0.3) is 0 Å². The summed E-state index contributed by atoms with van der Waals surface area (Å²) in [6.45, 7) is 9.13. The lowest BCUT2D eigenvalue weighted by molar-refractivity contribution is 0.0343. The molecule has 23 heavy (non-hydrogen) atoms. The van der Waals surface area contributed by atoms with Crippen molar-refractivity contribution in [2.24, 2.45) is 0 Å². The van der Waals surface area contributed by atoms with Crippen LogP contribution in [0.15, 0.2) is 24.3 Å². The molecule has 3 N–H and O–H groups in total. The summed E-state index contributed by atoms with van der Waals surface area (Å²) in [5.74, 6) is 0. The van der Waals surface area contributed by atoms with E-state index in [9.17, 15) is 9.59 Å². The van der Waals surface area contributed by atoms with Crippen LogP contribution in [0.1, 0.15) is 33.3 Å². The van der Waals surface area contributed by atoms with Crippen molar-refractivity contribution >= 4 is 17.8 Å². The van der Waals surface area contributed by atoms with Gasteiger partial charge in [-0.1, -0.05) is 12.1 Å². The first-order chi connectivity index (χ1) is 10.7. The molecule has 0 spiro atoms. The molecular formula is C16H25N3O4. The Labute approximate surface area is 136 Å². The predicted octanol–water partition coefficient (Wildman–Crippen LogP) is 2.96. The summed E-state index contributed by atoms with van der Waals surface area (Å²) in [4.78, 5) is 28.3. The summed E-state index contributed by atoms with van der Waals surface area (Å²) >= 11 is 0. The average Bonchev–Trinajstić information content (AvgIpc) is 2.35. The fourth-order valence-electron chi connectivity index (χ4n) is 1.66. The number of carbonyl (C=O) groups excluding carboxylic acids is 2. The molecule has 0 bridgehead atoms. The second-order valence-electron chi connectivity index (χ2n) is 6.28. The molecule has 0 aliphatic carbocycles. The molecular weight excluding hydrogens is 298 g/mol. The molecule has 0 radical (unpaired) electrons. The van der Waals surface area contributed by atoms with Gasteiger partial charge in [0.25, 0.3) is 0 Å². The van der Waals surface area contributed by atoms with E-state index in [2.05, 4.69) is 16.1 Å². The second kappa shape index (κ2) is 8.38. The zero-order valence-corrected chi connectivity index (χ0v) is 14.2. The van der Waals surface area contributed by atoms with Crippen molar-refractivity contribution in [2.75, 3.05) is 11.9 Å². The maximum atomic E-state index is 11.7. The van der Waals surface area contributed by atoms with Crippen LogP contribution in [0, 0.1) is 6.92 Å². The summed E-state index contributed by atoms with van der Waals surface area (Å²) in [6, 6.07) is 6.59. The van der Waals surface area contributed by atoms with Gasteiger partial charge < -0.3 is 15.4 Å². The first-order valence-electron chi connectivity index (χ1n) is 7.40. The molecule has 0 heterocycles. The maximum Gasteiger partial charge on any atom is 0.407 e. The summed E-state index contributed by atoms with van der Waals surface area (Å²) in [7, 11) is 0. The molecule has 0 aliphatic heterocycles. The largest absolute Gasteiger partial charge is 0.444 e. The van der Waals surface area contributed by atoms with E-state index in [0.29, 0.717) is 5.69 Å². The number of alkyl carbamates (subject to hydrolysis) is 1. The van der Waals surface area contributed by atoms with Crippen molar-refractivity contribution in [1.29, 1.82) is 0 Å². The van der Waals surface area contributed by atoms with Gasteiger partial charge in [0, 0.05) is 5.69 Å². The van der Waals surface area contributed by atoms with Crippen LogP contribution in [0.5, 0.6) is 0 Å². The van der Waals surface area contributed by atoms with Crippen LogP contribution in [0.4, 0.5) is 15.3 Å². The molecule has 0 saturated heterocycles. The summed E-state index contributed by atoms with van der Waals surface area (Å²) in [6.07, 6.45) is -0.530. The monoisotopic (exact) mass is 323 g/mol. The number of hydroxylamine groups is 1. The Bertz CT molecular complexity index is 540. The maximum absolute atomic E-state index is 11.7. The van der Waals surface area contributed by atoms with E-state index in [0.717, 1.165) is 5.56 Å². The number of carbonyl (C=O) groups is 2. The van der Waals surface area contributed by atoms with E-state index in [4.69, 9.17) is 9.57 Å². The van der Waals surface area contributed by atoms with Crippen LogP contribution in [-0.4, -0.2) is 30.4 Å². The SMILES string of the molecule is Cc1cccc(NC(=O)NOCC(C)NC(=O)OC(C)(C)C)c1. The summed E-state index contributed by atoms with van der Waals surface area (Å²) < 4.78 is 5.12. The molecule has 128 valence electrons. The standard InChI is InChI=1S/C16H25N3O4/c1-11-7-6-8-13(9-11)18-14(20)19-22-10-12(2)17-15(21)23-16(3,4)5/h6-9,12H,10H2,1-5H3,(H,17,21)(H2,18,19,20). The number of anilines is 1. The number of hydrogen-bond donors (Lipinski definition) is 3. The highest BCUT2D eigenvalue weighted by molar-refractivity contribution is 5.88. The molecule has 0 saturated carbocycles. The molecule has 1 aromatic carbocycles. The van der Waals surface area contributed by atoms with Gasteiger partial charge in [0.15, 0.2) is 0 Å². The van der Waals surface area contributed by atoms with E-state index < -0.39 is 17.7 Å². The van der Waals surface area contributed by atoms with E-state index in [1.807, 2.05) is 25.1 Å². The van der Waals surface area contributed by atoms with Crippen molar-refractivity contribution < 1.29 is 19.2 Å². The zero-order valence-electron chi connectivity index (χ0n) is 14.2. The third-order valence-corrected chi connectivity index (χ3v) is 2.54. The molecule has 0 aromatic heterocycles. The lowest BCUT2D eigenvalue weighted by Gasteiger charge is -2.21. The third kappa shape index (κ3) is 8.67. The predicted molar refractivity (Wildman–Crippen MR) is 88.1 cm³/mol. The van der Waals surface area contributed by atoms with E-state index in [1.54, 1.807) is 33.8 Å². The second-order valence-corrected chi connectivity index (χ2v) is 6.28. The fraction of sp³-hybridized carbons (Fsp3) is 0.500. The van der Waals surface area contributed by atoms with Crippen molar-refractivity contribution in [2.45, 2.75) is 46.3 Å². The number of nitrogens with one attached hydrogen (secondary N) is 3. The normalized spacial score (nSPS) is 12.2. The van der Waals surface area contributed by atoms with Gasteiger partial charge in [-0.2, -0.15) is 0 Å². The number of amides is 3. The molecule has 7 heteroatoms. The Morgan fingerprint density at radius 2 is 1.96 bits per heavy atom. The van der Waals surface area contributed by atoms with Gasteiger partial charge in [-0.25, -0.2) is 15.1 Å². The minimum atomic E-state index is -0.559. The molecule has 1 atom stereocenters. The van der Waals surface area contributed by atoms with Gasteiger partial charge in [0.1, 0.15) is 5.60 Å². The molecule has 1 rings (SSSR count). The number of aryl methyl sites for hydroxylation is 1. The smallest absolute Gasteiger partial charge is 0.407 e. The van der Waals surface area contributed by atoms with Crippen LogP contribution in [0.3, 0.4) is 0 Å². The molecule has 7 nitrogen and oxygen atoms in total. The number of hydrogen-bond acceptors (Lipinski definition) is 4. The Morgan fingerprint density at radius 1 is 1.26 bits per heavy atom. The van der Waals surface area contributed by atoms with Crippen molar-refractivity contribution in [3.8, 4) is 0 Å². The van der Waals surface area contributed by atoms with Crippen molar-refractivity contribution in [3.63, 3.8) is 0 Å². The van der Waals surface area contributed by atoms with Gasteiger partial charge >= 0.3 is 12.1 Å². The van der Waals surface area contributed by atoms with E-state index in [-0.39, 0.29) is 12.6 Å². The van der Waals surface area contributed by atoms with Gasteiger partial charge in [-0.05, 0) is 52.3 Å². The molecule has 1 unspecified atom stereocenters. The molecule has 0 fully saturated rings. The van der Waals surface area contributed by atoms with E-state index in [1.165, 1.54) is 0 Å². The molecule has 0 aliphatic rings. The molecule has 1 aromatic rings. The average molecular weight is 323 g/mol. The Hall–Kier alpha value is -2.28. The topological polar surface area (TPSA) is 88.7 Å². The van der Waals surface area contributed by atoms with Gasteiger partial charge in [0.05, 0.1) is 12.6 Å². The lowest BCUT2D eigenvalue weighted by atomic mass is 10.2. The first kappa shape index (κ1) is 18.8. The van der Waals surface area contributed by atoms with Crippen molar-refractivity contribution in [1.82, 2.24) is 10.8 Å². The quantitative estimate of drug-likeness (QED) is 0.727. The van der Waals surface area contributed by atoms with Crippen LogP contribution in [0.2, 0.25) is 0 Å². The fourth-order valence-corrected chi connectivity index (χ4v) is 1.66. The summed E-state index contributed by atoms with van der Waals surface area (Å²) in [5.41, 5.74) is 3.41. The number of benzene rings is 1. The molecule has 3 amide bonds. The van der Waals surface area contributed by atoms with Crippen LogP contribution < -0.4 is 16.1 Å². The third-order valence-electron chi connectivity index (χ3n) is 2.54. The lowest BCUT2D eigenvalue weighted by Crippen LogP contribution is -2.41. The minimum absolute atomic E-state index is 0.112. The van der Waals surface area contributed by atoms with E-state index >= 15 is 0 Å². The zero-order chi connectivity index (χ0) is 17.5. The van der Waals surface area contributed by atoms with Crippen LogP contribution >= 0.6 is 0 Å². The number of rotatable bonds is 5. The Kier molecular flexibility index (Phi) is 6.84. The minimum Gasteiger partial charge on any atom is -0.444 e. The highest BCUT2D eigenvalue weighted by Gasteiger charge is 2.17. The Balaban J connectivity index is 2.25. The highest BCUT2D eigenvalue weighted by atomic mass is 16.7. The highest BCUT2D eigenvalue weighted by Crippen LogP contribution is 2.09. The van der Waals surface area contributed by atoms with Gasteiger partial charge in [-0.3, -0.25) is 4.84 Å². The summed E-state index contributed by atoms with van der Waals surface area (Å²) in [5, 5.41) is 5.25. The van der Waals surface area contributed by atoms with Crippen molar-refractivity contribution in [3.05, 3.63) is 29.8 Å². The van der Waals surface area contributed by atoms with Gasteiger partial charge in [0.2, 0.25) is 0 Å². The number of urea groups is 1. The first-order valence-corrected chi connectivity index (χ1v) is 7.40. The van der Waals surface area contributed by atoms with Gasteiger partial charge in [-0.15, -0.1) is 0 Å². The van der Waals surface area contributed by atoms with Crippen LogP contribution in [-0.2, 0) is 9.57 Å². The Morgan fingerprint density at radius 3 is 2.57 bits per heavy atom. The number of ether oxygens (including phenoxy) is 1.